The molecule has 0 N–H and O–H groups in total. The fraction of sp³-hybridized carbons (Fsp3) is 0.143. The molecule has 1 aliphatic rings. The van der Waals surface area contributed by atoms with Crippen LogP contribution in [0.5, 0.6) is 11.5 Å². The van der Waals surface area contributed by atoms with E-state index in [4.69, 9.17) is 27.5 Å². The van der Waals surface area contributed by atoms with Crippen LogP contribution in [0.1, 0.15) is 5.56 Å². The number of hydrogen-bond acceptors (Lipinski definition) is 4. The van der Waals surface area contributed by atoms with Gasteiger partial charge in [0.2, 0.25) is 0 Å². The summed E-state index contributed by atoms with van der Waals surface area (Å²) in [5.74, 6) is 3.57. The van der Waals surface area contributed by atoms with Gasteiger partial charge in [-0.15, -0.1) is 6.42 Å². The van der Waals surface area contributed by atoms with Crippen LogP contribution in [0.2, 0.25) is 5.02 Å². The number of fused-ring (bicyclic) bond motifs is 2. The summed E-state index contributed by atoms with van der Waals surface area (Å²) in [7, 11) is 0. The number of benzene rings is 2. The van der Waals surface area contributed by atoms with Gasteiger partial charge in [0.1, 0.15) is 13.2 Å². The fourth-order valence-corrected chi connectivity index (χ4v) is 4.08. The molecule has 0 saturated heterocycles. The molecule has 0 bridgehead atoms. The topological polar surface area (TPSA) is 52.8 Å². The molecule has 0 saturated carbocycles. The van der Waals surface area contributed by atoms with Crippen LogP contribution in [0.3, 0.4) is 0 Å². The Labute approximate surface area is 170 Å². The molecule has 0 unspecified atom stereocenters. The van der Waals surface area contributed by atoms with E-state index in [1.807, 2.05) is 34.9 Å². The molecule has 4 rings (SSSR count). The molecule has 2 heterocycles. The molecular formula is C21H15ClN2O3S. The first-order chi connectivity index (χ1) is 13.7. The highest BCUT2D eigenvalue weighted by Gasteiger charge is 2.16. The summed E-state index contributed by atoms with van der Waals surface area (Å²) < 4.78 is 14.0. The number of amides is 1. The van der Waals surface area contributed by atoms with Gasteiger partial charge < -0.3 is 14.0 Å². The number of aromatic nitrogens is 1. The zero-order valence-corrected chi connectivity index (χ0v) is 16.3. The van der Waals surface area contributed by atoms with E-state index in [0.717, 1.165) is 15.8 Å². The molecule has 2 aromatic carbocycles. The van der Waals surface area contributed by atoms with Gasteiger partial charge in [0.15, 0.2) is 16.3 Å². The normalized spacial score (nSPS) is 13.8. The van der Waals surface area contributed by atoms with Crippen molar-refractivity contribution in [2.24, 2.45) is 4.99 Å². The summed E-state index contributed by atoms with van der Waals surface area (Å²) in [5, 5.41) is 0.571. The second-order valence-corrected chi connectivity index (χ2v) is 7.36. The summed E-state index contributed by atoms with van der Waals surface area (Å²) in [4.78, 5) is 17.1. The number of carbonyl (C=O) groups excluding carboxylic acids is 1. The lowest BCUT2D eigenvalue weighted by molar-refractivity contribution is -0.113. The average molecular weight is 411 g/mol. The smallest absolute Gasteiger partial charge is 0.272 e. The van der Waals surface area contributed by atoms with Crippen molar-refractivity contribution in [3.8, 4) is 23.8 Å². The highest BCUT2D eigenvalue weighted by atomic mass is 35.5. The van der Waals surface area contributed by atoms with E-state index < -0.39 is 5.91 Å². The Morgan fingerprint density at radius 1 is 1.29 bits per heavy atom. The van der Waals surface area contributed by atoms with E-state index in [0.29, 0.717) is 41.1 Å². The maximum atomic E-state index is 12.4. The van der Waals surface area contributed by atoms with Gasteiger partial charge in [-0.25, -0.2) is 0 Å². The van der Waals surface area contributed by atoms with Gasteiger partial charge in [0.25, 0.3) is 5.91 Å². The summed E-state index contributed by atoms with van der Waals surface area (Å²) in [5.41, 5.74) is 1.61. The highest BCUT2D eigenvalue weighted by Crippen LogP contribution is 2.35. The lowest BCUT2D eigenvalue weighted by Gasteiger charge is -2.18. The minimum absolute atomic E-state index is 0.292. The van der Waals surface area contributed by atoms with Crippen molar-refractivity contribution in [3.05, 3.63) is 57.9 Å². The summed E-state index contributed by atoms with van der Waals surface area (Å²) in [6.45, 7) is 1.30. The minimum atomic E-state index is -0.394. The van der Waals surface area contributed by atoms with E-state index in [2.05, 4.69) is 10.9 Å². The Bertz CT molecular complexity index is 1200. The van der Waals surface area contributed by atoms with Gasteiger partial charge in [-0.2, -0.15) is 4.99 Å². The largest absolute Gasteiger partial charge is 0.486 e. The van der Waals surface area contributed by atoms with Gasteiger partial charge >= 0.3 is 0 Å². The third-order valence-corrected chi connectivity index (χ3v) is 5.50. The molecule has 3 aromatic rings. The molecule has 0 fully saturated rings. The number of terminal acetylenes is 1. The number of rotatable bonds is 3. The SMILES string of the molecule is C#CCn1c(=NC(=O)/C=C/c2ccccc2Cl)sc2cc3c(cc21)OCCO3. The number of halogens is 1. The molecule has 140 valence electrons. The zero-order chi connectivity index (χ0) is 19.5. The zero-order valence-electron chi connectivity index (χ0n) is 14.7. The monoisotopic (exact) mass is 410 g/mol. The van der Waals surface area contributed by atoms with Crippen molar-refractivity contribution in [3.63, 3.8) is 0 Å². The number of ether oxygens (including phenoxy) is 2. The van der Waals surface area contributed by atoms with Crippen molar-refractivity contribution in [2.45, 2.75) is 6.54 Å². The van der Waals surface area contributed by atoms with Crippen LogP contribution in [0, 0.1) is 12.3 Å². The van der Waals surface area contributed by atoms with Crippen LogP contribution in [0.4, 0.5) is 0 Å². The van der Waals surface area contributed by atoms with Crippen molar-refractivity contribution < 1.29 is 14.3 Å². The second-order valence-electron chi connectivity index (χ2n) is 5.94. The first kappa shape index (κ1) is 18.4. The number of thiazole rings is 1. The van der Waals surface area contributed by atoms with Crippen LogP contribution in [-0.2, 0) is 11.3 Å². The van der Waals surface area contributed by atoms with Gasteiger partial charge in [-0.05, 0) is 17.7 Å². The molecule has 0 spiro atoms. The van der Waals surface area contributed by atoms with Gasteiger partial charge in [-0.3, -0.25) is 4.79 Å². The molecule has 0 atom stereocenters. The van der Waals surface area contributed by atoms with Crippen LogP contribution < -0.4 is 14.3 Å². The molecule has 1 aliphatic heterocycles. The van der Waals surface area contributed by atoms with Crippen LogP contribution in [0.25, 0.3) is 16.3 Å². The number of nitrogens with zero attached hydrogens (tertiary/aromatic N) is 2. The minimum Gasteiger partial charge on any atom is -0.486 e. The quantitative estimate of drug-likeness (QED) is 0.486. The molecule has 5 nitrogen and oxygen atoms in total. The lowest BCUT2D eigenvalue weighted by Crippen LogP contribution is -2.17. The Morgan fingerprint density at radius 3 is 2.79 bits per heavy atom. The van der Waals surface area contributed by atoms with Crippen molar-refractivity contribution in [1.82, 2.24) is 4.57 Å². The molecule has 1 amide bonds. The summed E-state index contributed by atoms with van der Waals surface area (Å²) >= 11 is 7.48. The van der Waals surface area contributed by atoms with Crippen LogP contribution in [0.15, 0.2) is 47.5 Å². The van der Waals surface area contributed by atoms with Crippen molar-refractivity contribution >= 4 is 45.1 Å². The Morgan fingerprint density at radius 2 is 2.04 bits per heavy atom. The van der Waals surface area contributed by atoms with Gasteiger partial charge in [0, 0.05) is 23.2 Å². The first-order valence-electron chi connectivity index (χ1n) is 8.53. The van der Waals surface area contributed by atoms with Gasteiger partial charge in [-0.1, -0.05) is 47.1 Å². The molecule has 0 aliphatic carbocycles. The number of hydrogen-bond donors (Lipinski definition) is 0. The highest BCUT2D eigenvalue weighted by molar-refractivity contribution is 7.16. The fourth-order valence-electron chi connectivity index (χ4n) is 2.84. The molecule has 1 aromatic heterocycles. The Hall–Kier alpha value is -3.01. The van der Waals surface area contributed by atoms with E-state index in [1.54, 1.807) is 12.1 Å². The Balaban J connectivity index is 1.74. The molecule has 28 heavy (non-hydrogen) atoms. The van der Waals surface area contributed by atoms with E-state index in [9.17, 15) is 4.79 Å². The first-order valence-corrected chi connectivity index (χ1v) is 9.73. The van der Waals surface area contributed by atoms with Crippen LogP contribution >= 0.6 is 22.9 Å². The van der Waals surface area contributed by atoms with E-state index in [-0.39, 0.29) is 0 Å². The van der Waals surface area contributed by atoms with Gasteiger partial charge in [0.05, 0.1) is 16.8 Å². The standard InChI is InChI=1S/C21H15ClN2O3S/c1-2-9-24-16-12-17-18(27-11-10-26-17)13-19(16)28-21(24)23-20(25)8-7-14-5-3-4-6-15(14)22/h1,3-8,12-13H,9-11H2/b8-7+,23-21?. The predicted molar refractivity (Wildman–Crippen MR) is 111 cm³/mol. The maximum Gasteiger partial charge on any atom is 0.272 e. The third-order valence-electron chi connectivity index (χ3n) is 4.11. The lowest BCUT2D eigenvalue weighted by atomic mass is 10.2. The third kappa shape index (κ3) is 3.68. The molecular weight excluding hydrogens is 396 g/mol. The van der Waals surface area contributed by atoms with Crippen molar-refractivity contribution in [1.29, 1.82) is 0 Å². The summed E-state index contributed by atoms with van der Waals surface area (Å²) in [6, 6.07) is 11.0. The molecule has 7 heteroatoms. The predicted octanol–water partition coefficient (Wildman–Crippen LogP) is 3.90. The van der Waals surface area contributed by atoms with Crippen LogP contribution in [-0.4, -0.2) is 23.7 Å². The second kappa shape index (κ2) is 7.93. The summed E-state index contributed by atoms with van der Waals surface area (Å²) in [6.07, 6.45) is 8.56. The number of carbonyl (C=O) groups is 1. The van der Waals surface area contributed by atoms with Crippen molar-refractivity contribution in [2.75, 3.05) is 13.2 Å². The molecule has 0 radical (unpaired) electrons. The van der Waals surface area contributed by atoms with E-state index >= 15 is 0 Å². The van der Waals surface area contributed by atoms with E-state index in [1.165, 1.54) is 17.4 Å². The average Bonchev–Trinajstić information content (AvgIpc) is 3.02. The Kier molecular flexibility index (Phi) is 5.20. The maximum absolute atomic E-state index is 12.4.